The topological polar surface area (TPSA) is 77.2 Å². The lowest BCUT2D eigenvalue weighted by atomic mass is 9.85. The van der Waals surface area contributed by atoms with Gasteiger partial charge in [-0.2, -0.15) is 0 Å². The zero-order chi connectivity index (χ0) is 15.2. The quantitative estimate of drug-likeness (QED) is 0.870. The molecule has 0 radical (unpaired) electrons. The second-order valence-corrected chi connectivity index (χ2v) is 5.98. The van der Waals surface area contributed by atoms with Crippen LogP contribution in [-0.2, 0) is 11.3 Å². The Morgan fingerprint density at radius 2 is 2.33 bits per heavy atom. The van der Waals surface area contributed by atoms with Crippen LogP contribution < -0.4 is 15.8 Å². The number of nitrogens with zero attached hydrogens (tertiary/aromatic N) is 1. The van der Waals surface area contributed by atoms with E-state index in [1.165, 1.54) is 0 Å². The third-order valence-corrected chi connectivity index (χ3v) is 3.74. The van der Waals surface area contributed by atoms with E-state index in [0.29, 0.717) is 12.4 Å². The normalized spacial score (nSPS) is 22.1. The number of hydrogen-bond donors (Lipinski definition) is 2. The van der Waals surface area contributed by atoms with Gasteiger partial charge in [-0.3, -0.25) is 4.79 Å². The summed E-state index contributed by atoms with van der Waals surface area (Å²) in [5.41, 5.74) is 6.84. The maximum absolute atomic E-state index is 12.2. The molecule has 5 nitrogen and oxygen atoms in total. The first-order valence-electron chi connectivity index (χ1n) is 7.70. The van der Waals surface area contributed by atoms with Gasteiger partial charge in [-0.25, -0.2) is 4.98 Å². The van der Waals surface area contributed by atoms with Crippen molar-refractivity contribution < 1.29 is 9.53 Å². The van der Waals surface area contributed by atoms with Gasteiger partial charge < -0.3 is 15.8 Å². The van der Waals surface area contributed by atoms with Crippen LogP contribution in [0, 0.1) is 5.92 Å². The highest BCUT2D eigenvalue weighted by molar-refractivity contribution is 5.78. The molecule has 1 heterocycles. The fourth-order valence-electron chi connectivity index (χ4n) is 2.68. The molecule has 3 N–H and O–H groups in total. The van der Waals surface area contributed by atoms with Gasteiger partial charge in [-0.15, -0.1) is 0 Å². The van der Waals surface area contributed by atoms with Crippen LogP contribution in [0.2, 0.25) is 0 Å². The van der Waals surface area contributed by atoms with Crippen molar-refractivity contribution in [1.29, 1.82) is 0 Å². The molecule has 21 heavy (non-hydrogen) atoms. The molecule has 2 unspecified atom stereocenters. The number of rotatable bonds is 5. The van der Waals surface area contributed by atoms with Gasteiger partial charge in [0, 0.05) is 30.3 Å². The van der Waals surface area contributed by atoms with E-state index in [1.807, 2.05) is 26.0 Å². The zero-order valence-electron chi connectivity index (χ0n) is 12.8. The smallest absolute Gasteiger partial charge is 0.223 e. The Bertz CT molecular complexity index is 476. The monoisotopic (exact) mass is 291 g/mol. The molecule has 2 rings (SSSR count). The Morgan fingerprint density at radius 3 is 3.05 bits per heavy atom. The lowest BCUT2D eigenvalue weighted by Crippen LogP contribution is -2.37. The predicted molar refractivity (Wildman–Crippen MR) is 81.8 cm³/mol. The van der Waals surface area contributed by atoms with Crippen molar-refractivity contribution in [2.24, 2.45) is 11.7 Å². The number of pyridine rings is 1. The van der Waals surface area contributed by atoms with Crippen molar-refractivity contribution in [3.63, 3.8) is 0 Å². The zero-order valence-corrected chi connectivity index (χ0v) is 12.8. The van der Waals surface area contributed by atoms with Crippen molar-refractivity contribution in [1.82, 2.24) is 10.3 Å². The van der Waals surface area contributed by atoms with E-state index in [1.54, 1.807) is 6.20 Å². The molecule has 5 heteroatoms. The van der Waals surface area contributed by atoms with Gasteiger partial charge in [0.05, 0.1) is 6.10 Å². The minimum Gasteiger partial charge on any atom is -0.475 e. The van der Waals surface area contributed by atoms with Gasteiger partial charge in [0.15, 0.2) is 0 Å². The molecule has 0 bridgehead atoms. The fourth-order valence-corrected chi connectivity index (χ4v) is 2.68. The molecule has 1 aromatic heterocycles. The van der Waals surface area contributed by atoms with Crippen molar-refractivity contribution in [3.8, 4) is 5.88 Å². The number of nitrogens with two attached hydrogens (primary N) is 1. The highest BCUT2D eigenvalue weighted by Crippen LogP contribution is 2.23. The summed E-state index contributed by atoms with van der Waals surface area (Å²) in [7, 11) is 0. The average molecular weight is 291 g/mol. The first-order chi connectivity index (χ1) is 10.1. The van der Waals surface area contributed by atoms with Crippen LogP contribution >= 0.6 is 0 Å². The summed E-state index contributed by atoms with van der Waals surface area (Å²) in [6.07, 6.45) is 5.54. The third-order valence-electron chi connectivity index (χ3n) is 3.74. The second-order valence-electron chi connectivity index (χ2n) is 5.98. The molecule has 1 aliphatic carbocycles. The van der Waals surface area contributed by atoms with E-state index in [-0.39, 0.29) is 24.0 Å². The first-order valence-corrected chi connectivity index (χ1v) is 7.70. The van der Waals surface area contributed by atoms with Crippen LogP contribution in [0.15, 0.2) is 18.3 Å². The molecule has 2 atom stereocenters. The minimum atomic E-state index is 0.0416. The molecule has 0 aliphatic heterocycles. The molecule has 1 aliphatic rings. The van der Waals surface area contributed by atoms with Crippen molar-refractivity contribution in [3.05, 3.63) is 23.9 Å². The number of carbonyl (C=O) groups is 1. The van der Waals surface area contributed by atoms with Gasteiger partial charge >= 0.3 is 0 Å². The predicted octanol–water partition coefficient (Wildman–Crippen LogP) is 2.00. The van der Waals surface area contributed by atoms with E-state index < -0.39 is 0 Å². The van der Waals surface area contributed by atoms with E-state index in [4.69, 9.17) is 10.5 Å². The van der Waals surface area contributed by atoms with Gasteiger partial charge in [0.1, 0.15) is 0 Å². The average Bonchev–Trinajstić information content (AvgIpc) is 2.45. The summed E-state index contributed by atoms with van der Waals surface area (Å²) < 4.78 is 5.66. The number of nitrogens with one attached hydrogen (secondary N) is 1. The molecule has 0 spiro atoms. The van der Waals surface area contributed by atoms with Crippen LogP contribution in [0.5, 0.6) is 5.88 Å². The summed E-state index contributed by atoms with van der Waals surface area (Å²) in [6.45, 7) is 4.36. The standard InChI is InChI=1S/C16H25N3O2/c1-11(2)21-16-13(6-4-8-18-16)10-19-15(20)12-5-3-7-14(17)9-12/h4,6,8,11-12,14H,3,5,7,9-10,17H2,1-2H3,(H,19,20). The minimum absolute atomic E-state index is 0.0416. The highest BCUT2D eigenvalue weighted by Gasteiger charge is 2.25. The Balaban J connectivity index is 1.91. The van der Waals surface area contributed by atoms with Crippen molar-refractivity contribution in [2.75, 3.05) is 0 Å². The number of hydrogen-bond acceptors (Lipinski definition) is 4. The van der Waals surface area contributed by atoms with Crippen LogP contribution in [0.25, 0.3) is 0 Å². The van der Waals surface area contributed by atoms with Crippen LogP contribution in [0.3, 0.4) is 0 Å². The van der Waals surface area contributed by atoms with Crippen LogP contribution in [-0.4, -0.2) is 23.0 Å². The summed E-state index contributed by atoms with van der Waals surface area (Å²) in [5.74, 6) is 0.720. The van der Waals surface area contributed by atoms with Gasteiger partial charge in [-0.05, 0) is 39.2 Å². The molecule has 1 amide bonds. The maximum Gasteiger partial charge on any atom is 0.223 e. The molecular formula is C16H25N3O2. The van der Waals surface area contributed by atoms with Crippen molar-refractivity contribution in [2.45, 2.75) is 58.2 Å². The Kier molecular flexibility index (Phi) is 5.56. The maximum atomic E-state index is 12.2. The number of amides is 1. The van der Waals surface area contributed by atoms with Crippen molar-refractivity contribution >= 4 is 5.91 Å². The number of aromatic nitrogens is 1. The SMILES string of the molecule is CC(C)Oc1ncccc1CNC(=O)C1CCCC(N)C1. The van der Waals surface area contributed by atoms with E-state index >= 15 is 0 Å². The molecule has 0 saturated heterocycles. The lowest BCUT2D eigenvalue weighted by Gasteiger charge is -2.25. The van der Waals surface area contributed by atoms with Gasteiger partial charge in [0.25, 0.3) is 0 Å². The van der Waals surface area contributed by atoms with E-state index in [2.05, 4.69) is 10.3 Å². The largest absolute Gasteiger partial charge is 0.475 e. The highest BCUT2D eigenvalue weighted by atomic mass is 16.5. The molecule has 116 valence electrons. The number of ether oxygens (including phenoxy) is 1. The van der Waals surface area contributed by atoms with E-state index in [0.717, 1.165) is 31.2 Å². The summed E-state index contributed by atoms with van der Waals surface area (Å²) in [4.78, 5) is 16.5. The van der Waals surface area contributed by atoms with Gasteiger partial charge in [0.2, 0.25) is 11.8 Å². The Morgan fingerprint density at radius 1 is 1.52 bits per heavy atom. The molecule has 1 saturated carbocycles. The lowest BCUT2D eigenvalue weighted by molar-refractivity contribution is -0.126. The van der Waals surface area contributed by atoms with Gasteiger partial charge in [-0.1, -0.05) is 12.5 Å². The summed E-state index contributed by atoms with van der Waals surface area (Å²) >= 11 is 0. The third kappa shape index (κ3) is 4.70. The summed E-state index contributed by atoms with van der Waals surface area (Å²) in [6, 6.07) is 3.94. The van der Waals surface area contributed by atoms with Crippen LogP contribution in [0.4, 0.5) is 0 Å². The molecule has 0 aromatic carbocycles. The molecule has 1 aromatic rings. The second kappa shape index (κ2) is 7.41. The Labute approximate surface area is 126 Å². The summed E-state index contributed by atoms with van der Waals surface area (Å²) in [5, 5.41) is 2.99. The molecule has 1 fully saturated rings. The van der Waals surface area contributed by atoms with E-state index in [9.17, 15) is 4.79 Å². The van der Waals surface area contributed by atoms with Crippen LogP contribution in [0.1, 0.15) is 45.1 Å². The Hall–Kier alpha value is -1.62. The first kappa shape index (κ1) is 15.8. The molecular weight excluding hydrogens is 266 g/mol. The fraction of sp³-hybridized carbons (Fsp3) is 0.625. The number of carbonyl (C=O) groups excluding carboxylic acids is 1.